The molecule has 2 heterocycles. The van der Waals surface area contributed by atoms with E-state index in [9.17, 15) is 0 Å². The summed E-state index contributed by atoms with van der Waals surface area (Å²) in [5.41, 5.74) is 2.19. The van der Waals surface area contributed by atoms with Crippen LogP contribution >= 0.6 is 15.9 Å². The van der Waals surface area contributed by atoms with E-state index in [0.29, 0.717) is 0 Å². The minimum atomic E-state index is 0.900. The smallest absolute Gasteiger partial charge is 0.136 e. The predicted molar refractivity (Wildman–Crippen MR) is 60.3 cm³/mol. The lowest BCUT2D eigenvalue weighted by atomic mass is 10.4. The van der Waals surface area contributed by atoms with Crippen LogP contribution in [0.15, 0.2) is 29.0 Å². The highest BCUT2D eigenvalue weighted by atomic mass is 79.9. The first kappa shape index (κ1) is 9.68. The van der Waals surface area contributed by atoms with Crippen LogP contribution in [-0.4, -0.2) is 28.4 Å². The molecule has 0 aliphatic rings. The van der Waals surface area contributed by atoms with Crippen molar-refractivity contribution in [1.82, 2.24) is 14.3 Å². The van der Waals surface area contributed by atoms with Gasteiger partial charge in [0.15, 0.2) is 0 Å². The van der Waals surface area contributed by atoms with Gasteiger partial charge in [-0.3, -0.25) is 0 Å². The van der Waals surface area contributed by atoms with Gasteiger partial charge in [0.2, 0.25) is 0 Å². The lowest BCUT2D eigenvalue weighted by Crippen LogP contribution is -2.12. The lowest BCUT2D eigenvalue weighted by molar-refractivity contribution is 0.395. The molecule has 0 atom stereocenters. The van der Waals surface area contributed by atoms with Crippen molar-refractivity contribution in [2.45, 2.75) is 6.54 Å². The highest BCUT2D eigenvalue weighted by molar-refractivity contribution is 9.10. The Morgan fingerprint density at radius 1 is 1.43 bits per heavy atom. The molecule has 0 bridgehead atoms. The molecule has 0 N–H and O–H groups in total. The molecule has 74 valence electrons. The number of rotatable bonds is 2. The van der Waals surface area contributed by atoms with Gasteiger partial charge in [0.1, 0.15) is 5.65 Å². The van der Waals surface area contributed by atoms with Crippen LogP contribution in [-0.2, 0) is 6.54 Å². The number of fused-ring (bicyclic) bond motifs is 1. The standard InChI is InChI=1S/C10H12BrN3/c1-13(2)7-9-5-12-10-4-3-8(11)6-14(9)10/h3-6H,7H2,1-2H3. The van der Waals surface area contributed by atoms with E-state index >= 15 is 0 Å². The van der Waals surface area contributed by atoms with Crippen LogP contribution in [0.4, 0.5) is 0 Å². The summed E-state index contributed by atoms with van der Waals surface area (Å²) < 4.78 is 3.17. The summed E-state index contributed by atoms with van der Waals surface area (Å²) in [5, 5.41) is 0. The molecule has 0 radical (unpaired) electrons. The van der Waals surface area contributed by atoms with Gasteiger partial charge >= 0.3 is 0 Å². The highest BCUT2D eigenvalue weighted by Gasteiger charge is 2.03. The normalized spacial score (nSPS) is 11.4. The van der Waals surface area contributed by atoms with Gasteiger partial charge in [0.25, 0.3) is 0 Å². The predicted octanol–water partition coefficient (Wildman–Crippen LogP) is 2.16. The van der Waals surface area contributed by atoms with Crippen molar-refractivity contribution in [3.05, 3.63) is 34.7 Å². The van der Waals surface area contributed by atoms with Crippen molar-refractivity contribution in [3.8, 4) is 0 Å². The van der Waals surface area contributed by atoms with Crippen LogP contribution < -0.4 is 0 Å². The monoisotopic (exact) mass is 253 g/mol. The molecule has 0 amide bonds. The Labute approximate surface area is 91.5 Å². The van der Waals surface area contributed by atoms with Crippen LogP contribution in [0.3, 0.4) is 0 Å². The maximum atomic E-state index is 4.33. The highest BCUT2D eigenvalue weighted by Crippen LogP contribution is 2.14. The molecular weight excluding hydrogens is 242 g/mol. The number of halogens is 1. The quantitative estimate of drug-likeness (QED) is 0.818. The SMILES string of the molecule is CN(C)Cc1cnc2ccc(Br)cn12. The molecule has 14 heavy (non-hydrogen) atoms. The van der Waals surface area contributed by atoms with Crippen LogP contribution in [0.1, 0.15) is 5.69 Å². The van der Waals surface area contributed by atoms with Crippen molar-refractivity contribution in [3.63, 3.8) is 0 Å². The molecule has 0 aromatic carbocycles. The maximum Gasteiger partial charge on any atom is 0.136 e. The van der Waals surface area contributed by atoms with E-state index in [4.69, 9.17) is 0 Å². The average molecular weight is 254 g/mol. The van der Waals surface area contributed by atoms with E-state index in [1.54, 1.807) is 0 Å². The second-order valence-corrected chi connectivity index (χ2v) is 4.48. The summed E-state index contributed by atoms with van der Waals surface area (Å²) in [6.45, 7) is 0.900. The Balaban J connectivity index is 2.50. The van der Waals surface area contributed by atoms with Crippen LogP contribution in [0, 0.1) is 0 Å². The zero-order valence-electron chi connectivity index (χ0n) is 8.24. The molecule has 0 aliphatic carbocycles. The summed E-state index contributed by atoms with van der Waals surface area (Å²) >= 11 is 3.46. The Morgan fingerprint density at radius 3 is 2.93 bits per heavy atom. The summed E-state index contributed by atoms with van der Waals surface area (Å²) in [5.74, 6) is 0. The third-order valence-corrected chi connectivity index (χ3v) is 2.49. The van der Waals surface area contributed by atoms with E-state index < -0.39 is 0 Å². The third kappa shape index (κ3) is 1.81. The fraction of sp³-hybridized carbons (Fsp3) is 0.300. The van der Waals surface area contributed by atoms with Gasteiger partial charge in [-0.05, 0) is 42.2 Å². The van der Waals surface area contributed by atoms with E-state index in [1.165, 1.54) is 5.69 Å². The van der Waals surface area contributed by atoms with E-state index in [0.717, 1.165) is 16.7 Å². The molecule has 0 saturated heterocycles. The number of nitrogens with zero attached hydrogens (tertiary/aromatic N) is 3. The molecule has 0 saturated carbocycles. The number of imidazole rings is 1. The molecule has 0 spiro atoms. The van der Waals surface area contributed by atoms with Crippen molar-refractivity contribution in [2.75, 3.05) is 14.1 Å². The van der Waals surface area contributed by atoms with Gasteiger partial charge in [-0.1, -0.05) is 0 Å². The fourth-order valence-corrected chi connectivity index (χ4v) is 1.78. The lowest BCUT2D eigenvalue weighted by Gasteiger charge is -2.08. The topological polar surface area (TPSA) is 20.5 Å². The van der Waals surface area contributed by atoms with Crippen molar-refractivity contribution in [1.29, 1.82) is 0 Å². The van der Waals surface area contributed by atoms with E-state index in [2.05, 4.69) is 44.3 Å². The minimum absolute atomic E-state index is 0.900. The van der Waals surface area contributed by atoms with Gasteiger partial charge in [0.05, 0.1) is 11.9 Å². The fourth-order valence-electron chi connectivity index (χ4n) is 1.45. The molecule has 2 rings (SSSR count). The molecule has 3 nitrogen and oxygen atoms in total. The Kier molecular flexibility index (Phi) is 2.56. The molecule has 0 aliphatic heterocycles. The van der Waals surface area contributed by atoms with Gasteiger partial charge in [-0.15, -0.1) is 0 Å². The summed E-state index contributed by atoms with van der Waals surface area (Å²) in [6.07, 6.45) is 3.96. The van der Waals surface area contributed by atoms with Crippen LogP contribution in [0.25, 0.3) is 5.65 Å². The first-order chi connectivity index (χ1) is 6.66. The van der Waals surface area contributed by atoms with E-state index in [1.807, 2.05) is 24.5 Å². The number of hydrogen-bond acceptors (Lipinski definition) is 2. The molecule has 2 aromatic heterocycles. The minimum Gasteiger partial charge on any atom is -0.304 e. The summed E-state index contributed by atoms with van der Waals surface area (Å²) in [6, 6.07) is 4.00. The number of hydrogen-bond donors (Lipinski definition) is 0. The molecule has 0 unspecified atom stereocenters. The zero-order valence-corrected chi connectivity index (χ0v) is 9.82. The molecular formula is C10H12BrN3. The van der Waals surface area contributed by atoms with Gasteiger partial charge in [0, 0.05) is 17.2 Å². The zero-order chi connectivity index (χ0) is 10.1. The van der Waals surface area contributed by atoms with Gasteiger partial charge in [-0.2, -0.15) is 0 Å². The molecule has 2 aromatic rings. The Morgan fingerprint density at radius 2 is 2.21 bits per heavy atom. The molecule has 0 fully saturated rings. The number of aromatic nitrogens is 2. The second-order valence-electron chi connectivity index (χ2n) is 3.56. The van der Waals surface area contributed by atoms with Crippen molar-refractivity contribution >= 4 is 21.6 Å². The number of pyridine rings is 1. The Bertz CT molecular complexity index is 448. The Hall–Kier alpha value is -0.870. The van der Waals surface area contributed by atoms with Crippen molar-refractivity contribution < 1.29 is 0 Å². The van der Waals surface area contributed by atoms with Gasteiger partial charge in [-0.25, -0.2) is 4.98 Å². The summed E-state index contributed by atoms with van der Waals surface area (Å²) in [4.78, 5) is 6.46. The summed E-state index contributed by atoms with van der Waals surface area (Å²) in [7, 11) is 4.11. The molecule has 4 heteroatoms. The van der Waals surface area contributed by atoms with Crippen LogP contribution in [0.2, 0.25) is 0 Å². The maximum absolute atomic E-state index is 4.33. The van der Waals surface area contributed by atoms with E-state index in [-0.39, 0.29) is 0 Å². The largest absolute Gasteiger partial charge is 0.304 e. The second kappa shape index (κ2) is 3.71. The van der Waals surface area contributed by atoms with Crippen molar-refractivity contribution in [2.24, 2.45) is 0 Å². The van der Waals surface area contributed by atoms with Crippen LogP contribution in [0.5, 0.6) is 0 Å². The first-order valence-electron chi connectivity index (χ1n) is 4.43. The third-order valence-electron chi connectivity index (χ3n) is 2.02. The average Bonchev–Trinajstić information content (AvgIpc) is 2.47. The van der Waals surface area contributed by atoms with Gasteiger partial charge < -0.3 is 9.30 Å². The first-order valence-corrected chi connectivity index (χ1v) is 5.22.